The molecule has 0 bridgehead atoms. The Morgan fingerprint density at radius 1 is 1.46 bits per heavy atom. The zero-order valence-electron chi connectivity index (χ0n) is 14.4. The number of hydrogen-bond acceptors (Lipinski definition) is 4. The summed E-state index contributed by atoms with van der Waals surface area (Å²) in [5, 5.41) is 23.3. The number of aliphatic hydroxyl groups is 1. The summed E-state index contributed by atoms with van der Waals surface area (Å²) in [6.45, 7) is 5.06. The number of carboxylic acid groups (broad SMARTS) is 1. The Bertz CT molecular complexity index is 611. The first-order valence-electron chi connectivity index (χ1n) is 8.88. The third-order valence-corrected chi connectivity index (χ3v) is 5.80. The molecule has 0 spiro atoms. The van der Waals surface area contributed by atoms with Crippen LogP contribution in [0.1, 0.15) is 62.7 Å². The summed E-state index contributed by atoms with van der Waals surface area (Å²) in [6, 6.07) is 5.73. The number of aliphatic hydroxyl groups excluding tert-OH is 1. The van der Waals surface area contributed by atoms with Gasteiger partial charge in [0.1, 0.15) is 18.5 Å². The number of benzene rings is 1. The Balaban J connectivity index is 1.68. The normalized spacial score (nSPS) is 26.0. The molecule has 1 saturated carbocycles. The lowest BCUT2D eigenvalue weighted by Crippen LogP contribution is -2.52. The van der Waals surface area contributed by atoms with Gasteiger partial charge in [-0.1, -0.05) is 32.4 Å². The highest BCUT2D eigenvalue weighted by Crippen LogP contribution is 2.41. The molecule has 1 unspecified atom stereocenters. The summed E-state index contributed by atoms with van der Waals surface area (Å²) in [7, 11) is 0. The first-order chi connectivity index (χ1) is 11.5. The van der Waals surface area contributed by atoms with Gasteiger partial charge in [0, 0.05) is 12.1 Å². The molecule has 3 rings (SSSR count). The molecular formula is C19H27NO4. The van der Waals surface area contributed by atoms with E-state index in [9.17, 15) is 15.0 Å². The zero-order chi connectivity index (χ0) is 17.3. The van der Waals surface area contributed by atoms with Crippen molar-refractivity contribution in [1.29, 1.82) is 0 Å². The van der Waals surface area contributed by atoms with E-state index in [1.165, 1.54) is 5.56 Å². The SMILES string of the molecule is CCC(C)c1ccc2c(c1)OC[C@@H](NCC1(C(=O)O)CCC1)[C@H]2O. The van der Waals surface area contributed by atoms with Gasteiger partial charge in [-0.2, -0.15) is 0 Å². The summed E-state index contributed by atoms with van der Waals surface area (Å²) in [5.74, 6) is 0.460. The fourth-order valence-corrected chi connectivity index (χ4v) is 3.52. The van der Waals surface area contributed by atoms with E-state index in [0.29, 0.717) is 31.9 Å². The highest BCUT2D eigenvalue weighted by Gasteiger charge is 2.45. The lowest BCUT2D eigenvalue weighted by Gasteiger charge is -2.40. The standard InChI is InChI=1S/C19H27NO4/c1-3-12(2)13-5-6-14-16(9-13)24-10-15(17(14)21)20-11-19(18(22)23)7-4-8-19/h5-6,9,12,15,17,20-21H,3-4,7-8,10-11H2,1-2H3,(H,22,23)/t12?,15-,17+/m1/s1. The van der Waals surface area contributed by atoms with Crippen molar-refractivity contribution in [3.05, 3.63) is 29.3 Å². The van der Waals surface area contributed by atoms with E-state index in [-0.39, 0.29) is 6.04 Å². The van der Waals surface area contributed by atoms with E-state index in [1.807, 2.05) is 18.2 Å². The minimum absolute atomic E-state index is 0.274. The topological polar surface area (TPSA) is 78.8 Å². The van der Waals surface area contributed by atoms with Crippen molar-refractivity contribution in [1.82, 2.24) is 5.32 Å². The highest BCUT2D eigenvalue weighted by atomic mass is 16.5. The van der Waals surface area contributed by atoms with Gasteiger partial charge in [-0.25, -0.2) is 0 Å². The molecule has 24 heavy (non-hydrogen) atoms. The molecule has 2 aliphatic rings. The Kier molecular flexibility index (Phi) is 4.83. The minimum Gasteiger partial charge on any atom is -0.491 e. The predicted octanol–water partition coefficient (Wildman–Crippen LogP) is 2.84. The second-order valence-electron chi connectivity index (χ2n) is 7.29. The summed E-state index contributed by atoms with van der Waals surface area (Å²) in [6.07, 6.45) is 2.74. The van der Waals surface area contributed by atoms with Gasteiger partial charge in [0.2, 0.25) is 0 Å². The molecule has 1 aliphatic heterocycles. The number of nitrogens with one attached hydrogen (secondary N) is 1. The van der Waals surface area contributed by atoms with E-state index in [1.54, 1.807) is 0 Å². The van der Waals surface area contributed by atoms with E-state index >= 15 is 0 Å². The fourth-order valence-electron chi connectivity index (χ4n) is 3.52. The van der Waals surface area contributed by atoms with Crippen molar-refractivity contribution in [2.24, 2.45) is 5.41 Å². The lowest BCUT2D eigenvalue weighted by molar-refractivity contribution is -0.154. The molecule has 5 nitrogen and oxygen atoms in total. The van der Waals surface area contributed by atoms with Crippen LogP contribution in [0.5, 0.6) is 5.75 Å². The predicted molar refractivity (Wildman–Crippen MR) is 91.3 cm³/mol. The summed E-state index contributed by atoms with van der Waals surface area (Å²) in [5.41, 5.74) is 1.33. The van der Waals surface area contributed by atoms with Crippen molar-refractivity contribution in [2.75, 3.05) is 13.2 Å². The van der Waals surface area contributed by atoms with Crippen LogP contribution < -0.4 is 10.1 Å². The van der Waals surface area contributed by atoms with Crippen LogP contribution in [0.25, 0.3) is 0 Å². The maximum atomic E-state index is 11.5. The van der Waals surface area contributed by atoms with Crippen LogP contribution in [-0.2, 0) is 4.79 Å². The maximum absolute atomic E-state index is 11.5. The van der Waals surface area contributed by atoms with Crippen LogP contribution >= 0.6 is 0 Å². The van der Waals surface area contributed by atoms with Crippen molar-refractivity contribution in [3.8, 4) is 5.75 Å². The molecule has 3 atom stereocenters. The van der Waals surface area contributed by atoms with Crippen LogP contribution in [0.3, 0.4) is 0 Å². The van der Waals surface area contributed by atoms with E-state index in [2.05, 4.69) is 19.2 Å². The molecule has 1 aromatic carbocycles. The number of rotatable bonds is 6. The van der Waals surface area contributed by atoms with Crippen molar-refractivity contribution >= 4 is 5.97 Å². The van der Waals surface area contributed by atoms with Gasteiger partial charge >= 0.3 is 5.97 Å². The number of carbonyl (C=O) groups is 1. The molecule has 1 aromatic rings. The number of aliphatic carboxylic acids is 1. The third-order valence-electron chi connectivity index (χ3n) is 5.80. The number of carboxylic acids is 1. The summed E-state index contributed by atoms with van der Waals surface area (Å²) >= 11 is 0. The quantitative estimate of drug-likeness (QED) is 0.746. The number of hydrogen-bond donors (Lipinski definition) is 3. The molecule has 0 radical (unpaired) electrons. The van der Waals surface area contributed by atoms with Crippen LogP contribution in [-0.4, -0.2) is 35.4 Å². The van der Waals surface area contributed by atoms with Crippen LogP contribution in [0.15, 0.2) is 18.2 Å². The van der Waals surface area contributed by atoms with Crippen LogP contribution in [0.2, 0.25) is 0 Å². The van der Waals surface area contributed by atoms with Gasteiger partial charge in [0.05, 0.1) is 11.5 Å². The molecule has 0 aromatic heterocycles. The zero-order valence-corrected chi connectivity index (χ0v) is 14.4. The van der Waals surface area contributed by atoms with Gasteiger partial charge in [-0.15, -0.1) is 0 Å². The summed E-state index contributed by atoms with van der Waals surface area (Å²) < 4.78 is 5.85. The Labute approximate surface area is 143 Å². The van der Waals surface area contributed by atoms with Gasteiger partial charge in [-0.05, 0) is 36.8 Å². The Hall–Kier alpha value is -1.59. The summed E-state index contributed by atoms with van der Waals surface area (Å²) in [4.78, 5) is 11.5. The number of fused-ring (bicyclic) bond motifs is 1. The molecule has 1 aliphatic carbocycles. The molecule has 1 fully saturated rings. The third kappa shape index (κ3) is 3.03. The van der Waals surface area contributed by atoms with E-state index < -0.39 is 17.5 Å². The second kappa shape index (κ2) is 6.73. The first-order valence-corrected chi connectivity index (χ1v) is 8.88. The highest BCUT2D eigenvalue weighted by molar-refractivity contribution is 5.76. The smallest absolute Gasteiger partial charge is 0.310 e. The Morgan fingerprint density at radius 3 is 2.79 bits per heavy atom. The monoisotopic (exact) mass is 333 g/mol. The van der Waals surface area contributed by atoms with Gasteiger partial charge in [0.25, 0.3) is 0 Å². The maximum Gasteiger partial charge on any atom is 0.310 e. The average Bonchev–Trinajstić information content (AvgIpc) is 2.54. The van der Waals surface area contributed by atoms with Crippen LogP contribution in [0.4, 0.5) is 0 Å². The van der Waals surface area contributed by atoms with Gasteiger partial charge in [0.15, 0.2) is 0 Å². The molecule has 5 heteroatoms. The first kappa shape index (κ1) is 17.2. The average molecular weight is 333 g/mol. The van der Waals surface area contributed by atoms with Crippen molar-refractivity contribution in [2.45, 2.75) is 57.6 Å². The molecule has 0 saturated heterocycles. The Morgan fingerprint density at radius 2 is 2.21 bits per heavy atom. The van der Waals surface area contributed by atoms with Gasteiger partial charge in [-0.3, -0.25) is 4.79 Å². The molecule has 3 N–H and O–H groups in total. The minimum atomic E-state index is -0.744. The molecular weight excluding hydrogens is 306 g/mol. The lowest BCUT2D eigenvalue weighted by atomic mass is 9.68. The second-order valence-corrected chi connectivity index (χ2v) is 7.29. The molecule has 1 heterocycles. The van der Waals surface area contributed by atoms with Gasteiger partial charge < -0.3 is 20.3 Å². The van der Waals surface area contributed by atoms with Crippen molar-refractivity contribution in [3.63, 3.8) is 0 Å². The molecule has 132 valence electrons. The number of ether oxygens (including phenoxy) is 1. The largest absolute Gasteiger partial charge is 0.491 e. The van der Waals surface area contributed by atoms with E-state index in [4.69, 9.17) is 4.74 Å². The van der Waals surface area contributed by atoms with Crippen LogP contribution in [0, 0.1) is 5.41 Å². The van der Waals surface area contributed by atoms with Crippen molar-refractivity contribution < 1.29 is 19.7 Å². The van der Waals surface area contributed by atoms with E-state index in [0.717, 1.165) is 24.2 Å². The fraction of sp³-hybridized carbons (Fsp3) is 0.632. The molecule has 0 amide bonds.